The summed E-state index contributed by atoms with van der Waals surface area (Å²) in [7, 11) is 4.11. The zero-order valence-corrected chi connectivity index (χ0v) is 12.7. The number of β-amino-alcohol motifs (C(OH)–C–C–N with tert-alkyl or cyclic N) is 1. The number of anilines is 1. The van der Waals surface area contributed by atoms with Gasteiger partial charge in [-0.1, -0.05) is 0 Å². The highest BCUT2D eigenvalue weighted by Crippen LogP contribution is 2.32. The van der Waals surface area contributed by atoms with E-state index in [0.717, 1.165) is 23.3 Å². The summed E-state index contributed by atoms with van der Waals surface area (Å²) in [5.41, 5.74) is 1.17. The van der Waals surface area contributed by atoms with E-state index in [2.05, 4.69) is 51.7 Å². The first-order valence-electron chi connectivity index (χ1n) is 6.19. The van der Waals surface area contributed by atoms with Gasteiger partial charge in [0.05, 0.1) is 10.6 Å². The van der Waals surface area contributed by atoms with Gasteiger partial charge in [-0.3, -0.25) is 0 Å². The quantitative estimate of drug-likeness (QED) is 0.921. The molecule has 1 saturated heterocycles. The van der Waals surface area contributed by atoms with Crippen LogP contribution in [0.1, 0.15) is 12.0 Å². The van der Waals surface area contributed by atoms with Crippen molar-refractivity contribution in [3.63, 3.8) is 0 Å². The summed E-state index contributed by atoms with van der Waals surface area (Å²) in [6, 6.07) is 2.31. The van der Waals surface area contributed by atoms with Crippen molar-refractivity contribution in [1.82, 2.24) is 9.88 Å². The Hall–Kier alpha value is -0.650. The van der Waals surface area contributed by atoms with Crippen LogP contribution in [0.15, 0.2) is 16.7 Å². The van der Waals surface area contributed by atoms with E-state index in [0.29, 0.717) is 12.6 Å². The molecule has 5 heteroatoms. The highest BCUT2D eigenvalue weighted by atomic mass is 79.9. The molecule has 1 aromatic rings. The molecule has 2 unspecified atom stereocenters. The highest BCUT2D eigenvalue weighted by molar-refractivity contribution is 9.10. The molecule has 2 atom stereocenters. The van der Waals surface area contributed by atoms with Crippen LogP contribution in [0, 0.1) is 6.92 Å². The van der Waals surface area contributed by atoms with Crippen LogP contribution in [0.4, 0.5) is 5.82 Å². The maximum absolute atomic E-state index is 9.90. The zero-order valence-electron chi connectivity index (χ0n) is 11.1. The number of aliphatic hydroxyl groups excluding tert-OH is 1. The number of rotatable bonds is 3. The Kier molecular flexibility index (Phi) is 4.25. The zero-order chi connectivity index (χ0) is 13.3. The largest absolute Gasteiger partial charge is 0.391 e. The molecular weight excluding hydrogens is 294 g/mol. The molecule has 0 bridgehead atoms. The normalized spacial score (nSPS) is 24.0. The van der Waals surface area contributed by atoms with Crippen LogP contribution in [-0.2, 0) is 0 Å². The first-order chi connectivity index (χ1) is 8.49. The molecule has 0 radical (unpaired) electrons. The predicted molar refractivity (Wildman–Crippen MR) is 77.0 cm³/mol. The van der Waals surface area contributed by atoms with Gasteiger partial charge in [-0.05, 0) is 55.0 Å². The summed E-state index contributed by atoms with van der Waals surface area (Å²) in [6.45, 7) is 3.65. The second-order valence-electron chi connectivity index (χ2n) is 5.22. The van der Waals surface area contributed by atoms with Crippen molar-refractivity contribution in [2.45, 2.75) is 25.5 Å². The Morgan fingerprint density at radius 2 is 2.28 bits per heavy atom. The third-order valence-electron chi connectivity index (χ3n) is 3.30. The molecule has 1 aromatic heterocycles. The van der Waals surface area contributed by atoms with Gasteiger partial charge in [0.2, 0.25) is 0 Å². The molecule has 4 nitrogen and oxygen atoms in total. The lowest BCUT2D eigenvalue weighted by Gasteiger charge is -2.28. The number of aromatic nitrogens is 1. The van der Waals surface area contributed by atoms with Gasteiger partial charge < -0.3 is 14.9 Å². The number of hydrogen-bond acceptors (Lipinski definition) is 4. The highest BCUT2D eigenvalue weighted by Gasteiger charge is 2.33. The molecule has 100 valence electrons. The van der Waals surface area contributed by atoms with Gasteiger partial charge in [-0.15, -0.1) is 0 Å². The monoisotopic (exact) mass is 313 g/mol. The van der Waals surface area contributed by atoms with E-state index in [1.807, 2.05) is 12.3 Å². The van der Waals surface area contributed by atoms with E-state index in [9.17, 15) is 5.11 Å². The minimum atomic E-state index is -0.260. The van der Waals surface area contributed by atoms with Gasteiger partial charge >= 0.3 is 0 Å². The molecule has 1 fully saturated rings. The summed E-state index contributed by atoms with van der Waals surface area (Å²) in [5.74, 6) is 0.943. The smallest absolute Gasteiger partial charge is 0.143 e. The van der Waals surface area contributed by atoms with Crippen molar-refractivity contribution in [2.75, 3.05) is 32.1 Å². The van der Waals surface area contributed by atoms with Crippen LogP contribution < -0.4 is 4.90 Å². The van der Waals surface area contributed by atoms with Crippen molar-refractivity contribution < 1.29 is 5.11 Å². The number of aliphatic hydroxyl groups is 1. The van der Waals surface area contributed by atoms with Gasteiger partial charge in [-0.2, -0.15) is 0 Å². The van der Waals surface area contributed by atoms with Gasteiger partial charge in [0.1, 0.15) is 5.82 Å². The summed E-state index contributed by atoms with van der Waals surface area (Å²) in [5, 5.41) is 9.90. The second-order valence-corrected chi connectivity index (χ2v) is 6.02. The minimum Gasteiger partial charge on any atom is -0.391 e. The van der Waals surface area contributed by atoms with Crippen LogP contribution in [0.5, 0.6) is 0 Å². The van der Waals surface area contributed by atoms with Gasteiger partial charge in [0.15, 0.2) is 0 Å². The van der Waals surface area contributed by atoms with Gasteiger partial charge in [0, 0.05) is 25.3 Å². The standard InChI is InChI=1S/C13H20BrN3O/c1-9-4-5-15-13(12(9)14)17-8-11(18)6-10(17)7-16(2)3/h4-5,10-11,18H,6-8H2,1-3H3. The Balaban J connectivity index is 2.27. The molecule has 18 heavy (non-hydrogen) atoms. The van der Waals surface area contributed by atoms with Crippen molar-refractivity contribution in [3.8, 4) is 0 Å². The van der Waals surface area contributed by atoms with Crippen molar-refractivity contribution in [2.24, 2.45) is 0 Å². The number of halogens is 1. The molecule has 0 amide bonds. The van der Waals surface area contributed by atoms with Crippen LogP contribution in [0.2, 0.25) is 0 Å². The topological polar surface area (TPSA) is 39.6 Å². The lowest BCUT2D eigenvalue weighted by atomic mass is 10.2. The van der Waals surface area contributed by atoms with Crippen LogP contribution in [-0.4, -0.2) is 54.3 Å². The van der Waals surface area contributed by atoms with E-state index in [1.54, 1.807) is 0 Å². The average molecular weight is 314 g/mol. The Labute approximate surface area is 117 Å². The molecule has 0 saturated carbocycles. The molecule has 2 rings (SSSR count). The van der Waals surface area contributed by atoms with E-state index in [4.69, 9.17) is 0 Å². The molecule has 2 heterocycles. The molecule has 0 aromatic carbocycles. The van der Waals surface area contributed by atoms with E-state index in [1.165, 1.54) is 5.56 Å². The van der Waals surface area contributed by atoms with Crippen LogP contribution in [0.3, 0.4) is 0 Å². The van der Waals surface area contributed by atoms with Crippen molar-refractivity contribution in [3.05, 3.63) is 22.3 Å². The number of hydrogen-bond donors (Lipinski definition) is 1. The Morgan fingerprint density at radius 3 is 2.94 bits per heavy atom. The third-order valence-corrected chi connectivity index (χ3v) is 4.28. The molecule has 1 aliphatic heterocycles. The fourth-order valence-corrected chi connectivity index (χ4v) is 2.93. The number of nitrogens with zero attached hydrogens (tertiary/aromatic N) is 3. The first-order valence-corrected chi connectivity index (χ1v) is 6.99. The first kappa shape index (κ1) is 13.8. The van der Waals surface area contributed by atoms with Gasteiger partial charge in [0.25, 0.3) is 0 Å². The maximum Gasteiger partial charge on any atom is 0.143 e. The summed E-state index contributed by atoms with van der Waals surface area (Å²) >= 11 is 3.60. The average Bonchev–Trinajstić information content (AvgIpc) is 2.62. The lowest BCUT2D eigenvalue weighted by molar-refractivity contribution is 0.191. The SMILES string of the molecule is Cc1ccnc(N2CC(O)CC2CN(C)C)c1Br. The van der Waals surface area contributed by atoms with Gasteiger partial charge in [-0.25, -0.2) is 4.98 Å². The van der Waals surface area contributed by atoms with Crippen LogP contribution >= 0.6 is 15.9 Å². The van der Waals surface area contributed by atoms with E-state index in [-0.39, 0.29) is 6.10 Å². The molecule has 1 aliphatic rings. The summed E-state index contributed by atoms with van der Waals surface area (Å²) in [6.07, 6.45) is 2.37. The fraction of sp³-hybridized carbons (Fsp3) is 0.615. The predicted octanol–water partition coefficient (Wildman–Crippen LogP) is 1.65. The molecule has 0 aliphatic carbocycles. The number of pyridine rings is 1. The number of aryl methyl sites for hydroxylation is 1. The molecule has 0 spiro atoms. The van der Waals surface area contributed by atoms with Crippen LogP contribution in [0.25, 0.3) is 0 Å². The Bertz CT molecular complexity index is 425. The third kappa shape index (κ3) is 2.84. The second kappa shape index (κ2) is 5.55. The molecule has 1 N–H and O–H groups in total. The van der Waals surface area contributed by atoms with Crippen molar-refractivity contribution in [1.29, 1.82) is 0 Å². The minimum absolute atomic E-state index is 0.260. The maximum atomic E-state index is 9.90. The Morgan fingerprint density at radius 1 is 1.56 bits per heavy atom. The molecular formula is C13H20BrN3O. The summed E-state index contributed by atoms with van der Waals surface area (Å²) < 4.78 is 1.03. The van der Waals surface area contributed by atoms with E-state index < -0.39 is 0 Å². The summed E-state index contributed by atoms with van der Waals surface area (Å²) in [4.78, 5) is 8.82. The lowest BCUT2D eigenvalue weighted by Crippen LogP contribution is -2.38. The van der Waals surface area contributed by atoms with E-state index >= 15 is 0 Å². The van der Waals surface area contributed by atoms with Crippen molar-refractivity contribution >= 4 is 21.7 Å². The number of likely N-dealkylation sites (N-methyl/N-ethyl adjacent to an activating group) is 1. The fourth-order valence-electron chi connectivity index (χ4n) is 2.47.